The van der Waals surface area contributed by atoms with Crippen molar-refractivity contribution in [2.75, 3.05) is 31.1 Å². The van der Waals surface area contributed by atoms with Gasteiger partial charge in [0.2, 0.25) is 0 Å². The van der Waals surface area contributed by atoms with E-state index in [9.17, 15) is 4.79 Å². The number of nitrogens with zero attached hydrogens (tertiary/aromatic N) is 3. The molecule has 6 nitrogen and oxygen atoms in total. The number of piperazine rings is 1. The summed E-state index contributed by atoms with van der Waals surface area (Å²) in [6, 6.07) is 0.394. The molecule has 2 N–H and O–H groups in total. The molecular weight excluding hydrogens is 300 g/mol. The van der Waals surface area contributed by atoms with Gasteiger partial charge in [0.05, 0.1) is 25.0 Å². The SMILES string of the molecule is C[C@H]1CN(c2cnn(CCO)c(=O)c2Br)CCN1. The van der Waals surface area contributed by atoms with Crippen LogP contribution in [0, 0.1) is 0 Å². The van der Waals surface area contributed by atoms with Gasteiger partial charge in [-0.05, 0) is 22.9 Å². The Morgan fingerprint density at radius 3 is 3.11 bits per heavy atom. The number of hydrogen-bond acceptors (Lipinski definition) is 5. The van der Waals surface area contributed by atoms with Crippen molar-refractivity contribution < 1.29 is 5.11 Å². The molecule has 1 atom stereocenters. The summed E-state index contributed by atoms with van der Waals surface area (Å²) in [7, 11) is 0. The average molecular weight is 317 g/mol. The molecule has 0 aliphatic carbocycles. The fraction of sp³-hybridized carbons (Fsp3) is 0.636. The summed E-state index contributed by atoms with van der Waals surface area (Å²) >= 11 is 3.34. The van der Waals surface area contributed by atoms with Crippen LogP contribution in [0.15, 0.2) is 15.5 Å². The molecule has 0 spiro atoms. The summed E-state index contributed by atoms with van der Waals surface area (Å²) in [6.07, 6.45) is 1.68. The summed E-state index contributed by atoms with van der Waals surface area (Å²) in [4.78, 5) is 14.1. The lowest BCUT2D eigenvalue weighted by molar-refractivity contribution is 0.266. The summed E-state index contributed by atoms with van der Waals surface area (Å²) < 4.78 is 1.78. The Balaban J connectivity index is 2.29. The zero-order chi connectivity index (χ0) is 13.1. The molecule has 2 rings (SSSR count). The second-order valence-corrected chi connectivity index (χ2v) is 5.19. The van der Waals surface area contributed by atoms with Crippen molar-refractivity contribution in [3.8, 4) is 0 Å². The van der Waals surface area contributed by atoms with E-state index in [4.69, 9.17) is 5.11 Å². The molecule has 0 bridgehead atoms. The first-order valence-electron chi connectivity index (χ1n) is 5.98. The van der Waals surface area contributed by atoms with Crippen LogP contribution in [0.4, 0.5) is 5.69 Å². The van der Waals surface area contributed by atoms with E-state index in [0.717, 1.165) is 25.3 Å². The van der Waals surface area contributed by atoms with Gasteiger partial charge in [0.1, 0.15) is 4.47 Å². The van der Waals surface area contributed by atoms with Crippen molar-refractivity contribution in [2.45, 2.75) is 19.5 Å². The third-order valence-corrected chi connectivity index (χ3v) is 3.73. The summed E-state index contributed by atoms with van der Waals surface area (Å²) in [6.45, 7) is 4.84. The molecule has 0 saturated carbocycles. The number of rotatable bonds is 3. The van der Waals surface area contributed by atoms with Crippen LogP contribution in [0.25, 0.3) is 0 Å². The molecule has 0 aromatic carbocycles. The van der Waals surface area contributed by atoms with Crippen LogP contribution in [0.1, 0.15) is 6.92 Å². The second-order valence-electron chi connectivity index (χ2n) is 4.40. The largest absolute Gasteiger partial charge is 0.394 e. The van der Waals surface area contributed by atoms with Crippen molar-refractivity contribution in [1.82, 2.24) is 15.1 Å². The van der Waals surface area contributed by atoms with E-state index >= 15 is 0 Å². The van der Waals surface area contributed by atoms with E-state index in [0.29, 0.717) is 10.5 Å². The molecule has 0 unspecified atom stereocenters. The highest BCUT2D eigenvalue weighted by molar-refractivity contribution is 9.10. The Morgan fingerprint density at radius 1 is 1.67 bits per heavy atom. The smallest absolute Gasteiger partial charge is 0.283 e. The monoisotopic (exact) mass is 316 g/mol. The number of aromatic nitrogens is 2. The quantitative estimate of drug-likeness (QED) is 0.808. The highest BCUT2D eigenvalue weighted by atomic mass is 79.9. The molecule has 1 aliphatic heterocycles. The Labute approximate surface area is 114 Å². The van der Waals surface area contributed by atoms with Crippen LogP contribution in [-0.4, -0.2) is 47.2 Å². The van der Waals surface area contributed by atoms with E-state index in [1.54, 1.807) is 6.20 Å². The number of aliphatic hydroxyl groups is 1. The van der Waals surface area contributed by atoms with E-state index < -0.39 is 0 Å². The summed E-state index contributed by atoms with van der Waals surface area (Å²) in [5.74, 6) is 0. The highest BCUT2D eigenvalue weighted by Gasteiger charge is 2.20. The van der Waals surface area contributed by atoms with Gasteiger partial charge in [-0.1, -0.05) is 0 Å². The number of aliphatic hydroxyl groups excluding tert-OH is 1. The molecule has 2 heterocycles. The van der Waals surface area contributed by atoms with Crippen LogP contribution in [0.2, 0.25) is 0 Å². The fourth-order valence-electron chi connectivity index (χ4n) is 2.08. The normalized spacial score (nSPS) is 20.2. The zero-order valence-corrected chi connectivity index (χ0v) is 11.9. The molecule has 1 aromatic heterocycles. The Morgan fingerprint density at radius 2 is 2.44 bits per heavy atom. The van der Waals surface area contributed by atoms with Gasteiger partial charge in [0.15, 0.2) is 0 Å². The van der Waals surface area contributed by atoms with Crippen molar-refractivity contribution in [3.05, 3.63) is 21.0 Å². The zero-order valence-electron chi connectivity index (χ0n) is 10.3. The number of halogens is 1. The van der Waals surface area contributed by atoms with E-state index in [2.05, 4.69) is 38.2 Å². The second kappa shape index (κ2) is 5.81. The van der Waals surface area contributed by atoms with Gasteiger partial charge in [-0.25, -0.2) is 4.68 Å². The van der Waals surface area contributed by atoms with Crippen molar-refractivity contribution in [3.63, 3.8) is 0 Å². The first-order valence-corrected chi connectivity index (χ1v) is 6.77. The lowest BCUT2D eigenvalue weighted by Crippen LogP contribution is -2.49. The first kappa shape index (κ1) is 13.5. The Bertz CT molecular complexity index is 477. The summed E-state index contributed by atoms with van der Waals surface area (Å²) in [5, 5.41) is 16.3. The molecule has 1 fully saturated rings. The molecule has 1 aliphatic rings. The minimum Gasteiger partial charge on any atom is -0.394 e. The van der Waals surface area contributed by atoms with Gasteiger partial charge in [-0.3, -0.25) is 4.79 Å². The molecule has 1 aromatic rings. The van der Waals surface area contributed by atoms with Crippen molar-refractivity contribution >= 4 is 21.6 Å². The number of anilines is 1. The third-order valence-electron chi connectivity index (χ3n) is 2.99. The minimum absolute atomic E-state index is 0.0939. The average Bonchev–Trinajstić information content (AvgIpc) is 2.35. The van der Waals surface area contributed by atoms with Gasteiger partial charge >= 0.3 is 0 Å². The molecule has 100 valence electrons. The maximum atomic E-state index is 12.0. The molecule has 0 amide bonds. The van der Waals surface area contributed by atoms with Crippen LogP contribution >= 0.6 is 15.9 Å². The lowest BCUT2D eigenvalue weighted by Gasteiger charge is -2.33. The van der Waals surface area contributed by atoms with Crippen LogP contribution < -0.4 is 15.8 Å². The molecule has 1 saturated heterocycles. The van der Waals surface area contributed by atoms with Gasteiger partial charge < -0.3 is 15.3 Å². The fourth-order valence-corrected chi connectivity index (χ4v) is 2.64. The van der Waals surface area contributed by atoms with Gasteiger partial charge in [0, 0.05) is 25.7 Å². The maximum Gasteiger partial charge on any atom is 0.283 e. The van der Waals surface area contributed by atoms with E-state index in [1.165, 1.54) is 4.68 Å². The van der Waals surface area contributed by atoms with Crippen molar-refractivity contribution in [1.29, 1.82) is 0 Å². The van der Waals surface area contributed by atoms with Crippen LogP contribution in [0.5, 0.6) is 0 Å². The first-order chi connectivity index (χ1) is 8.63. The predicted molar refractivity (Wildman–Crippen MR) is 73.0 cm³/mol. The molecular formula is C11H17BrN4O2. The number of nitrogens with one attached hydrogen (secondary N) is 1. The lowest BCUT2D eigenvalue weighted by atomic mass is 10.2. The summed E-state index contributed by atoms with van der Waals surface area (Å²) in [5.41, 5.74) is 0.621. The van der Waals surface area contributed by atoms with Gasteiger partial charge in [-0.2, -0.15) is 5.10 Å². The molecule has 0 radical (unpaired) electrons. The predicted octanol–water partition coefficient (Wildman–Crippen LogP) is -0.204. The standard InChI is InChI=1S/C11H17BrN4O2/c1-8-7-15(3-2-13-8)9-6-14-16(4-5-17)11(18)10(9)12/h6,8,13,17H,2-5,7H2,1H3/t8-/m0/s1. The van der Waals surface area contributed by atoms with Crippen molar-refractivity contribution in [2.24, 2.45) is 0 Å². The topological polar surface area (TPSA) is 70.4 Å². The van der Waals surface area contributed by atoms with E-state index in [1.807, 2.05) is 0 Å². The number of hydrogen-bond donors (Lipinski definition) is 2. The van der Waals surface area contributed by atoms with E-state index in [-0.39, 0.29) is 18.7 Å². The Kier molecular flexibility index (Phi) is 4.36. The molecule has 18 heavy (non-hydrogen) atoms. The van der Waals surface area contributed by atoms with Gasteiger partial charge in [0.25, 0.3) is 5.56 Å². The third kappa shape index (κ3) is 2.73. The van der Waals surface area contributed by atoms with Crippen LogP contribution in [-0.2, 0) is 6.54 Å². The Hall–Kier alpha value is -0.920. The van der Waals surface area contributed by atoms with Crippen LogP contribution in [0.3, 0.4) is 0 Å². The molecule has 7 heteroatoms. The van der Waals surface area contributed by atoms with Gasteiger partial charge in [-0.15, -0.1) is 0 Å². The highest BCUT2D eigenvalue weighted by Crippen LogP contribution is 2.22. The minimum atomic E-state index is -0.201. The maximum absolute atomic E-state index is 12.0.